The molecule has 1 heterocycles. The molecule has 0 bridgehead atoms. The molecular weight excluding hydrogens is 233 g/mol. The molecule has 0 aromatic heterocycles. The summed E-state index contributed by atoms with van der Waals surface area (Å²) in [4.78, 5) is 17.6. The lowest BCUT2D eigenvalue weighted by atomic mass is 10.2. The van der Waals surface area contributed by atoms with E-state index in [0.29, 0.717) is 11.3 Å². The number of aryl methyl sites for hydroxylation is 1. The molecule has 96 valence electrons. The Bertz CT molecular complexity index is 499. The number of urea groups is 1. The number of hydrogen-bond donors (Lipinski definition) is 1. The maximum atomic E-state index is 13.3. The van der Waals surface area contributed by atoms with Gasteiger partial charge >= 0.3 is 6.03 Å². The van der Waals surface area contributed by atoms with Crippen LogP contribution >= 0.6 is 0 Å². The van der Waals surface area contributed by atoms with Crippen LogP contribution < -0.4 is 5.32 Å². The molecule has 4 nitrogen and oxygen atoms in total. The molecule has 1 aromatic carbocycles. The Morgan fingerprint density at radius 2 is 2.28 bits per heavy atom. The average molecular weight is 249 g/mol. The fourth-order valence-corrected chi connectivity index (χ4v) is 1.87. The monoisotopic (exact) mass is 249 g/mol. The van der Waals surface area contributed by atoms with Crippen LogP contribution in [-0.4, -0.2) is 30.4 Å². The zero-order valence-electron chi connectivity index (χ0n) is 10.5. The Kier molecular flexibility index (Phi) is 3.60. The van der Waals surface area contributed by atoms with Crippen LogP contribution in [0.1, 0.15) is 18.4 Å². The molecule has 1 aliphatic heterocycles. The third-order valence-corrected chi connectivity index (χ3v) is 2.99. The SMILES string of the molecule is Cc1ccc(NC(=O)/N=C2\CCCN2C)cc1F. The van der Waals surface area contributed by atoms with E-state index in [4.69, 9.17) is 0 Å². The first-order valence-corrected chi connectivity index (χ1v) is 5.92. The molecule has 2 amide bonds. The van der Waals surface area contributed by atoms with Gasteiger partial charge in [0.15, 0.2) is 0 Å². The van der Waals surface area contributed by atoms with Crippen molar-refractivity contribution in [3.8, 4) is 0 Å². The molecule has 1 aromatic rings. The molecule has 0 aliphatic carbocycles. The number of carbonyl (C=O) groups excluding carboxylic acids is 1. The van der Waals surface area contributed by atoms with E-state index in [-0.39, 0.29) is 5.82 Å². The van der Waals surface area contributed by atoms with Crippen molar-refractivity contribution >= 4 is 17.6 Å². The van der Waals surface area contributed by atoms with Crippen LogP contribution in [0.4, 0.5) is 14.9 Å². The Hall–Kier alpha value is -1.91. The highest BCUT2D eigenvalue weighted by molar-refractivity contribution is 6.00. The largest absolute Gasteiger partial charge is 0.363 e. The third kappa shape index (κ3) is 2.85. The lowest BCUT2D eigenvalue weighted by molar-refractivity contribution is 0.259. The van der Waals surface area contributed by atoms with E-state index in [2.05, 4.69) is 10.3 Å². The fraction of sp³-hybridized carbons (Fsp3) is 0.385. The predicted molar refractivity (Wildman–Crippen MR) is 69.5 cm³/mol. The summed E-state index contributed by atoms with van der Waals surface area (Å²) in [6.07, 6.45) is 1.83. The van der Waals surface area contributed by atoms with Crippen molar-refractivity contribution in [2.45, 2.75) is 19.8 Å². The first kappa shape index (κ1) is 12.5. The average Bonchev–Trinajstić information content (AvgIpc) is 2.70. The first-order chi connectivity index (χ1) is 8.56. The quantitative estimate of drug-likeness (QED) is 0.831. The second-order valence-corrected chi connectivity index (χ2v) is 4.45. The number of carbonyl (C=O) groups is 1. The van der Waals surface area contributed by atoms with Gasteiger partial charge in [-0.3, -0.25) is 0 Å². The second-order valence-electron chi connectivity index (χ2n) is 4.45. The standard InChI is InChI=1S/C13H16FN3O/c1-9-5-6-10(8-11(9)14)15-13(18)16-12-4-3-7-17(12)2/h5-6,8H,3-4,7H2,1-2H3,(H,15,18)/b16-12+. The van der Waals surface area contributed by atoms with Crippen molar-refractivity contribution in [2.75, 3.05) is 18.9 Å². The number of likely N-dealkylation sites (tertiary alicyclic amines) is 1. The van der Waals surface area contributed by atoms with Gasteiger partial charge in [0, 0.05) is 25.7 Å². The molecule has 0 spiro atoms. The number of rotatable bonds is 1. The molecular formula is C13H16FN3O. The second kappa shape index (κ2) is 5.16. The van der Waals surface area contributed by atoms with E-state index in [0.717, 1.165) is 25.2 Å². The molecule has 18 heavy (non-hydrogen) atoms. The Labute approximate surface area is 106 Å². The number of halogens is 1. The Balaban J connectivity index is 2.05. The van der Waals surface area contributed by atoms with Gasteiger partial charge in [-0.1, -0.05) is 6.07 Å². The van der Waals surface area contributed by atoms with E-state index < -0.39 is 6.03 Å². The van der Waals surface area contributed by atoms with Gasteiger partial charge in [0.2, 0.25) is 0 Å². The molecule has 1 fully saturated rings. The zero-order valence-corrected chi connectivity index (χ0v) is 10.5. The Morgan fingerprint density at radius 3 is 2.89 bits per heavy atom. The normalized spacial score (nSPS) is 17.3. The predicted octanol–water partition coefficient (Wildman–Crippen LogP) is 2.79. The number of aliphatic imine (C=N–C) groups is 1. The number of hydrogen-bond acceptors (Lipinski definition) is 1. The molecule has 5 heteroatoms. The molecule has 0 atom stereocenters. The van der Waals surface area contributed by atoms with Crippen molar-refractivity contribution in [1.82, 2.24) is 4.90 Å². The van der Waals surface area contributed by atoms with Crippen LogP contribution in [0.5, 0.6) is 0 Å². The van der Waals surface area contributed by atoms with E-state index >= 15 is 0 Å². The van der Waals surface area contributed by atoms with E-state index in [9.17, 15) is 9.18 Å². The van der Waals surface area contributed by atoms with Gasteiger partial charge < -0.3 is 10.2 Å². The van der Waals surface area contributed by atoms with Crippen molar-refractivity contribution < 1.29 is 9.18 Å². The maximum Gasteiger partial charge on any atom is 0.347 e. The lowest BCUT2D eigenvalue weighted by Gasteiger charge is -2.10. The van der Waals surface area contributed by atoms with Crippen molar-refractivity contribution in [2.24, 2.45) is 4.99 Å². The van der Waals surface area contributed by atoms with Crippen LogP contribution in [0.15, 0.2) is 23.2 Å². The number of benzene rings is 1. The minimum Gasteiger partial charge on any atom is -0.363 e. The lowest BCUT2D eigenvalue weighted by Crippen LogP contribution is -2.21. The van der Waals surface area contributed by atoms with Crippen LogP contribution in [0.3, 0.4) is 0 Å². The molecule has 0 radical (unpaired) electrons. The van der Waals surface area contributed by atoms with E-state index in [1.807, 2.05) is 11.9 Å². The number of amides is 2. The van der Waals surface area contributed by atoms with Crippen LogP contribution in [0.2, 0.25) is 0 Å². The first-order valence-electron chi connectivity index (χ1n) is 5.92. The highest BCUT2D eigenvalue weighted by Crippen LogP contribution is 2.14. The minimum atomic E-state index is -0.456. The minimum absolute atomic E-state index is 0.335. The van der Waals surface area contributed by atoms with Crippen molar-refractivity contribution in [1.29, 1.82) is 0 Å². The van der Waals surface area contributed by atoms with E-state index in [1.54, 1.807) is 19.1 Å². The van der Waals surface area contributed by atoms with Gasteiger partial charge in [-0.15, -0.1) is 0 Å². The Morgan fingerprint density at radius 1 is 1.50 bits per heavy atom. The van der Waals surface area contributed by atoms with Gasteiger partial charge in [-0.25, -0.2) is 9.18 Å². The van der Waals surface area contributed by atoms with Crippen molar-refractivity contribution in [3.63, 3.8) is 0 Å². The number of amidine groups is 1. The number of nitrogens with one attached hydrogen (secondary N) is 1. The third-order valence-electron chi connectivity index (χ3n) is 2.99. The van der Waals surface area contributed by atoms with Crippen LogP contribution in [0.25, 0.3) is 0 Å². The van der Waals surface area contributed by atoms with Crippen LogP contribution in [-0.2, 0) is 0 Å². The summed E-state index contributed by atoms with van der Waals surface area (Å²) < 4.78 is 13.3. The molecule has 0 unspecified atom stereocenters. The van der Waals surface area contributed by atoms with Gasteiger partial charge in [0.25, 0.3) is 0 Å². The van der Waals surface area contributed by atoms with Crippen molar-refractivity contribution in [3.05, 3.63) is 29.6 Å². The van der Waals surface area contributed by atoms with Crippen LogP contribution in [0, 0.1) is 12.7 Å². The summed E-state index contributed by atoms with van der Waals surface area (Å²) >= 11 is 0. The zero-order chi connectivity index (χ0) is 13.1. The molecule has 1 N–H and O–H groups in total. The molecule has 1 saturated heterocycles. The van der Waals surface area contributed by atoms with Gasteiger partial charge in [0.05, 0.1) is 0 Å². The maximum absolute atomic E-state index is 13.3. The summed E-state index contributed by atoms with van der Waals surface area (Å²) in [6, 6.07) is 4.13. The number of nitrogens with zero attached hydrogens (tertiary/aromatic N) is 2. The summed E-state index contributed by atoms with van der Waals surface area (Å²) in [5.74, 6) is 0.443. The molecule has 2 rings (SSSR count). The summed E-state index contributed by atoms with van der Waals surface area (Å²) in [6.45, 7) is 2.60. The summed E-state index contributed by atoms with van der Waals surface area (Å²) in [5.41, 5.74) is 0.975. The van der Waals surface area contributed by atoms with Gasteiger partial charge in [-0.05, 0) is 31.0 Å². The highest BCUT2D eigenvalue weighted by Gasteiger charge is 2.15. The van der Waals surface area contributed by atoms with Gasteiger partial charge in [0.1, 0.15) is 11.7 Å². The summed E-state index contributed by atoms with van der Waals surface area (Å²) in [5, 5.41) is 2.56. The molecule has 1 aliphatic rings. The smallest absolute Gasteiger partial charge is 0.347 e. The summed E-state index contributed by atoms with van der Waals surface area (Å²) in [7, 11) is 1.91. The van der Waals surface area contributed by atoms with E-state index in [1.165, 1.54) is 6.07 Å². The number of anilines is 1. The highest BCUT2D eigenvalue weighted by atomic mass is 19.1. The fourth-order valence-electron chi connectivity index (χ4n) is 1.87. The topological polar surface area (TPSA) is 44.7 Å². The van der Waals surface area contributed by atoms with Gasteiger partial charge in [-0.2, -0.15) is 4.99 Å². The molecule has 0 saturated carbocycles.